The van der Waals surface area contributed by atoms with Crippen molar-refractivity contribution in [3.05, 3.63) is 71.1 Å². The van der Waals surface area contributed by atoms with Gasteiger partial charge in [-0.1, -0.05) is 25.4 Å². The predicted octanol–water partition coefficient (Wildman–Crippen LogP) is 5.07. The Kier molecular flexibility index (Phi) is 6.84. The molecule has 0 bridgehead atoms. The first kappa shape index (κ1) is 22.6. The molecule has 0 aliphatic carbocycles. The van der Waals surface area contributed by atoms with E-state index in [0.717, 1.165) is 17.7 Å². The lowest BCUT2D eigenvalue weighted by Crippen LogP contribution is -2.39. The number of amides is 1. The Morgan fingerprint density at radius 1 is 1.13 bits per heavy atom. The largest absolute Gasteiger partial charge is 0.416 e. The average molecular weight is 452 g/mol. The van der Waals surface area contributed by atoms with Crippen molar-refractivity contribution >= 4 is 29.0 Å². The Hall–Kier alpha value is -3.07. The summed E-state index contributed by atoms with van der Waals surface area (Å²) in [7, 11) is 0. The van der Waals surface area contributed by atoms with Gasteiger partial charge in [-0.05, 0) is 41.8 Å². The first-order valence-corrected chi connectivity index (χ1v) is 9.88. The van der Waals surface area contributed by atoms with E-state index in [1.807, 2.05) is 26.0 Å². The molecule has 1 aromatic carbocycles. The van der Waals surface area contributed by atoms with E-state index >= 15 is 0 Å². The van der Waals surface area contributed by atoms with Crippen LogP contribution in [0.25, 0.3) is 0 Å². The molecule has 2 heterocycles. The number of pyridine rings is 1. The van der Waals surface area contributed by atoms with Crippen LogP contribution >= 0.6 is 11.6 Å². The monoisotopic (exact) mass is 451 g/mol. The third-order valence-corrected chi connectivity index (χ3v) is 4.92. The molecular weight excluding hydrogens is 431 g/mol. The van der Waals surface area contributed by atoms with Gasteiger partial charge in [-0.15, -0.1) is 0 Å². The molecule has 31 heavy (non-hydrogen) atoms. The normalized spacial score (nSPS) is 12.6. The fraction of sp³-hybridized carbons (Fsp3) is 0.286. The zero-order valence-electron chi connectivity index (χ0n) is 16.8. The third-order valence-electron chi connectivity index (χ3n) is 4.61. The SMILES string of the molecule is CC(C)C(Nc1ccc(C(F)(F)F)cc1Cl)C(=O)Nc1ccnn1Cc1ccncc1. The van der Waals surface area contributed by atoms with Crippen molar-refractivity contribution in [3.8, 4) is 0 Å². The number of anilines is 2. The highest BCUT2D eigenvalue weighted by Gasteiger charge is 2.31. The Balaban J connectivity index is 1.75. The van der Waals surface area contributed by atoms with Gasteiger partial charge in [0.05, 0.1) is 29.0 Å². The molecule has 164 valence electrons. The number of benzene rings is 1. The van der Waals surface area contributed by atoms with Crippen molar-refractivity contribution < 1.29 is 18.0 Å². The molecule has 2 aromatic heterocycles. The maximum Gasteiger partial charge on any atom is 0.416 e. The average Bonchev–Trinajstić information content (AvgIpc) is 3.13. The number of carbonyl (C=O) groups excluding carboxylic acids is 1. The Bertz CT molecular complexity index is 1040. The van der Waals surface area contributed by atoms with Crippen LogP contribution in [0.3, 0.4) is 0 Å². The molecule has 0 saturated heterocycles. The molecule has 3 aromatic rings. The van der Waals surface area contributed by atoms with Crippen LogP contribution in [-0.4, -0.2) is 26.7 Å². The molecule has 10 heteroatoms. The first-order valence-electron chi connectivity index (χ1n) is 9.50. The van der Waals surface area contributed by atoms with Gasteiger partial charge in [-0.3, -0.25) is 9.78 Å². The summed E-state index contributed by atoms with van der Waals surface area (Å²) in [5, 5.41) is 9.90. The van der Waals surface area contributed by atoms with Gasteiger partial charge in [0.25, 0.3) is 0 Å². The number of hydrogen-bond donors (Lipinski definition) is 2. The van der Waals surface area contributed by atoms with Gasteiger partial charge in [0.2, 0.25) is 5.91 Å². The quantitative estimate of drug-likeness (QED) is 0.526. The summed E-state index contributed by atoms with van der Waals surface area (Å²) in [6.07, 6.45) is 0.415. The summed E-state index contributed by atoms with van der Waals surface area (Å²) in [4.78, 5) is 16.9. The fourth-order valence-corrected chi connectivity index (χ4v) is 3.18. The van der Waals surface area contributed by atoms with Gasteiger partial charge < -0.3 is 10.6 Å². The molecule has 0 aliphatic heterocycles. The lowest BCUT2D eigenvalue weighted by atomic mass is 10.0. The van der Waals surface area contributed by atoms with Crippen molar-refractivity contribution in [1.82, 2.24) is 14.8 Å². The summed E-state index contributed by atoms with van der Waals surface area (Å²) >= 11 is 6.03. The van der Waals surface area contributed by atoms with Gasteiger partial charge >= 0.3 is 6.18 Å². The zero-order chi connectivity index (χ0) is 22.6. The molecule has 0 aliphatic rings. The van der Waals surface area contributed by atoms with E-state index in [-0.39, 0.29) is 22.5 Å². The van der Waals surface area contributed by atoms with Crippen LogP contribution in [0.5, 0.6) is 0 Å². The Morgan fingerprint density at radius 3 is 2.45 bits per heavy atom. The third kappa shape index (κ3) is 5.75. The standard InChI is InChI=1S/C21H21ClF3N5O/c1-13(2)19(28-17-4-3-15(11-16(17)22)21(23,24)25)20(31)29-18-7-10-27-30(18)12-14-5-8-26-9-6-14/h3-11,13,19,28H,12H2,1-2H3,(H,29,31). The number of halogens is 4. The van der Waals surface area contributed by atoms with Crippen molar-refractivity contribution in [2.24, 2.45) is 5.92 Å². The smallest absolute Gasteiger partial charge is 0.372 e. The summed E-state index contributed by atoms with van der Waals surface area (Å²) in [5.41, 5.74) is 0.353. The summed E-state index contributed by atoms with van der Waals surface area (Å²) in [5.74, 6) is -0.0369. The van der Waals surface area contributed by atoms with E-state index in [4.69, 9.17) is 11.6 Å². The number of carbonyl (C=O) groups is 1. The second-order valence-corrected chi connectivity index (χ2v) is 7.68. The van der Waals surface area contributed by atoms with Crippen LogP contribution in [-0.2, 0) is 17.5 Å². The van der Waals surface area contributed by atoms with Gasteiger partial charge in [0, 0.05) is 18.5 Å². The van der Waals surface area contributed by atoms with E-state index in [1.165, 1.54) is 6.07 Å². The van der Waals surface area contributed by atoms with Crippen LogP contribution in [0.4, 0.5) is 24.7 Å². The van der Waals surface area contributed by atoms with Crippen molar-refractivity contribution in [1.29, 1.82) is 0 Å². The topological polar surface area (TPSA) is 71.8 Å². The maximum atomic E-state index is 13.0. The van der Waals surface area contributed by atoms with Crippen molar-refractivity contribution in [2.45, 2.75) is 32.6 Å². The second kappa shape index (κ2) is 9.38. The van der Waals surface area contributed by atoms with Crippen LogP contribution in [0.15, 0.2) is 55.0 Å². The summed E-state index contributed by atoms with van der Waals surface area (Å²) in [6, 6.07) is 7.61. The van der Waals surface area contributed by atoms with Gasteiger partial charge in [-0.25, -0.2) is 4.68 Å². The van der Waals surface area contributed by atoms with E-state index < -0.39 is 17.8 Å². The highest BCUT2D eigenvalue weighted by atomic mass is 35.5. The molecule has 2 N–H and O–H groups in total. The van der Waals surface area contributed by atoms with Crippen LogP contribution in [0.2, 0.25) is 5.02 Å². The summed E-state index contributed by atoms with van der Waals surface area (Å²) < 4.78 is 40.2. The molecular formula is C21H21ClF3N5O. The van der Waals surface area contributed by atoms with Crippen LogP contribution < -0.4 is 10.6 Å². The molecule has 6 nitrogen and oxygen atoms in total. The minimum absolute atomic E-state index is 0.115. The molecule has 1 unspecified atom stereocenters. The predicted molar refractivity (Wildman–Crippen MR) is 113 cm³/mol. The van der Waals surface area contributed by atoms with E-state index in [2.05, 4.69) is 20.7 Å². The van der Waals surface area contributed by atoms with Crippen LogP contribution in [0.1, 0.15) is 25.0 Å². The molecule has 0 fully saturated rings. The molecule has 0 radical (unpaired) electrons. The minimum atomic E-state index is -4.50. The molecule has 1 atom stereocenters. The molecule has 3 rings (SSSR count). The van der Waals surface area contributed by atoms with Crippen molar-refractivity contribution in [3.63, 3.8) is 0 Å². The van der Waals surface area contributed by atoms with E-state index in [9.17, 15) is 18.0 Å². The number of nitrogens with zero attached hydrogens (tertiary/aromatic N) is 3. The number of hydrogen-bond acceptors (Lipinski definition) is 4. The number of nitrogens with one attached hydrogen (secondary N) is 2. The van der Waals surface area contributed by atoms with Gasteiger partial charge in [0.1, 0.15) is 11.9 Å². The second-order valence-electron chi connectivity index (χ2n) is 7.28. The van der Waals surface area contributed by atoms with Crippen LogP contribution in [0, 0.1) is 5.92 Å². The molecule has 1 amide bonds. The lowest BCUT2D eigenvalue weighted by molar-refractivity contribution is -0.137. The van der Waals surface area contributed by atoms with E-state index in [1.54, 1.807) is 29.3 Å². The highest BCUT2D eigenvalue weighted by Crippen LogP contribution is 2.34. The molecule has 0 saturated carbocycles. The van der Waals surface area contributed by atoms with Gasteiger partial charge in [-0.2, -0.15) is 18.3 Å². The number of aromatic nitrogens is 3. The maximum absolute atomic E-state index is 13.0. The summed E-state index contributed by atoms with van der Waals surface area (Å²) in [6.45, 7) is 4.09. The van der Waals surface area contributed by atoms with Crippen molar-refractivity contribution in [2.75, 3.05) is 10.6 Å². The Labute approximate surface area is 182 Å². The van der Waals surface area contributed by atoms with Gasteiger partial charge in [0.15, 0.2) is 0 Å². The zero-order valence-corrected chi connectivity index (χ0v) is 17.6. The first-order chi connectivity index (χ1) is 14.6. The minimum Gasteiger partial charge on any atom is -0.372 e. The Morgan fingerprint density at radius 2 is 1.84 bits per heavy atom. The van der Waals surface area contributed by atoms with E-state index in [0.29, 0.717) is 12.4 Å². The number of alkyl halides is 3. The number of rotatable bonds is 7. The lowest BCUT2D eigenvalue weighted by Gasteiger charge is -2.24. The fourth-order valence-electron chi connectivity index (χ4n) is 2.94. The highest BCUT2D eigenvalue weighted by molar-refractivity contribution is 6.33. The molecule has 0 spiro atoms.